The fourth-order valence-corrected chi connectivity index (χ4v) is 5.47. The molecular formula is C20H24N4O2S2. The summed E-state index contributed by atoms with van der Waals surface area (Å²) in [4.78, 5) is 24.4. The van der Waals surface area contributed by atoms with Crippen LogP contribution in [0.25, 0.3) is 10.2 Å². The standard InChI is InChI=1S/C20H24N4O2S2/c1-11-16-18(23-12(2)15-4-3-9-27-15)21-10-22-20(16)28-17(11)19(26)24-13-5-7-14(25)8-6-13/h3-4,9-10,12-14,25H,5-8H2,1-2H3,(H,24,26)(H,21,22,23)/t12-,13?,14?/m1/s1. The van der Waals surface area contributed by atoms with Gasteiger partial charge in [-0.15, -0.1) is 22.7 Å². The molecule has 1 fully saturated rings. The van der Waals surface area contributed by atoms with Crippen molar-refractivity contribution in [2.45, 2.75) is 57.7 Å². The number of aromatic nitrogens is 2. The molecule has 1 aliphatic carbocycles. The summed E-state index contributed by atoms with van der Waals surface area (Å²) in [6, 6.07) is 4.39. The Morgan fingerprint density at radius 3 is 2.79 bits per heavy atom. The first-order valence-corrected chi connectivity index (χ1v) is 11.3. The van der Waals surface area contributed by atoms with Crippen LogP contribution in [0.3, 0.4) is 0 Å². The van der Waals surface area contributed by atoms with E-state index in [2.05, 4.69) is 39.0 Å². The van der Waals surface area contributed by atoms with E-state index < -0.39 is 0 Å². The van der Waals surface area contributed by atoms with Gasteiger partial charge in [-0.3, -0.25) is 4.79 Å². The first kappa shape index (κ1) is 19.3. The normalized spacial score (nSPS) is 20.8. The number of carbonyl (C=O) groups excluding carboxylic acids is 1. The molecule has 3 heterocycles. The zero-order chi connectivity index (χ0) is 19.7. The van der Waals surface area contributed by atoms with Crippen LogP contribution >= 0.6 is 22.7 Å². The number of aliphatic hydroxyl groups is 1. The van der Waals surface area contributed by atoms with Crippen LogP contribution in [-0.2, 0) is 0 Å². The fraction of sp³-hybridized carbons (Fsp3) is 0.450. The lowest BCUT2D eigenvalue weighted by Crippen LogP contribution is -2.38. The molecule has 0 aliphatic heterocycles. The van der Waals surface area contributed by atoms with Crippen LogP contribution in [-0.4, -0.2) is 33.1 Å². The Kier molecular flexibility index (Phi) is 5.61. The van der Waals surface area contributed by atoms with Gasteiger partial charge in [0.2, 0.25) is 0 Å². The molecule has 28 heavy (non-hydrogen) atoms. The third kappa shape index (κ3) is 3.90. The second-order valence-electron chi connectivity index (χ2n) is 7.32. The maximum atomic E-state index is 12.9. The number of anilines is 1. The first-order chi connectivity index (χ1) is 13.5. The Labute approximate surface area is 172 Å². The SMILES string of the molecule is Cc1c(C(=O)NC2CCC(O)CC2)sc2ncnc(N[C@H](C)c3cccs3)c12. The third-order valence-corrected chi connectivity index (χ3v) is 7.54. The Bertz CT molecular complexity index is 962. The smallest absolute Gasteiger partial charge is 0.261 e. The van der Waals surface area contributed by atoms with Gasteiger partial charge in [0.1, 0.15) is 17.0 Å². The van der Waals surface area contributed by atoms with Gasteiger partial charge in [-0.1, -0.05) is 6.07 Å². The van der Waals surface area contributed by atoms with Crippen molar-refractivity contribution in [1.82, 2.24) is 15.3 Å². The van der Waals surface area contributed by atoms with Gasteiger partial charge < -0.3 is 15.7 Å². The maximum Gasteiger partial charge on any atom is 0.261 e. The number of aryl methyl sites for hydroxylation is 1. The molecule has 1 saturated carbocycles. The number of thiophene rings is 2. The van der Waals surface area contributed by atoms with E-state index in [1.54, 1.807) is 17.7 Å². The molecule has 8 heteroatoms. The van der Waals surface area contributed by atoms with Gasteiger partial charge in [0.05, 0.1) is 22.4 Å². The van der Waals surface area contributed by atoms with Crippen LogP contribution < -0.4 is 10.6 Å². The van der Waals surface area contributed by atoms with Gasteiger partial charge in [0.15, 0.2) is 0 Å². The molecular weight excluding hydrogens is 392 g/mol. The molecule has 1 atom stereocenters. The summed E-state index contributed by atoms with van der Waals surface area (Å²) in [7, 11) is 0. The molecule has 0 radical (unpaired) electrons. The Hall–Kier alpha value is -2.03. The summed E-state index contributed by atoms with van der Waals surface area (Å²) >= 11 is 3.11. The van der Waals surface area contributed by atoms with Crippen LogP contribution in [0.2, 0.25) is 0 Å². The van der Waals surface area contributed by atoms with Crippen molar-refractivity contribution in [2.75, 3.05) is 5.32 Å². The number of hydrogen-bond acceptors (Lipinski definition) is 7. The number of hydrogen-bond donors (Lipinski definition) is 3. The minimum Gasteiger partial charge on any atom is -0.393 e. The quantitative estimate of drug-likeness (QED) is 0.578. The van der Waals surface area contributed by atoms with Gasteiger partial charge in [0.25, 0.3) is 5.91 Å². The number of nitrogens with zero attached hydrogens (tertiary/aromatic N) is 2. The highest BCUT2D eigenvalue weighted by atomic mass is 32.1. The van der Waals surface area contributed by atoms with Gasteiger partial charge in [-0.05, 0) is 56.5 Å². The number of rotatable bonds is 5. The molecule has 0 aromatic carbocycles. The second kappa shape index (κ2) is 8.14. The van der Waals surface area contributed by atoms with E-state index in [0.29, 0.717) is 4.88 Å². The van der Waals surface area contributed by atoms with Crippen LogP contribution in [0.1, 0.15) is 58.8 Å². The van der Waals surface area contributed by atoms with Gasteiger partial charge in [0, 0.05) is 10.9 Å². The van der Waals surface area contributed by atoms with E-state index in [-0.39, 0.29) is 24.1 Å². The summed E-state index contributed by atoms with van der Waals surface area (Å²) in [6.45, 7) is 4.06. The van der Waals surface area contributed by atoms with Crippen molar-refractivity contribution >= 4 is 44.6 Å². The molecule has 1 aliphatic rings. The summed E-state index contributed by atoms with van der Waals surface area (Å²) < 4.78 is 0. The topological polar surface area (TPSA) is 87.1 Å². The highest BCUT2D eigenvalue weighted by molar-refractivity contribution is 7.20. The van der Waals surface area contributed by atoms with Crippen molar-refractivity contribution < 1.29 is 9.90 Å². The van der Waals surface area contributed by atoms with E-state index >= 15 is 0 Å². The Morgan fingerprint density at radius 1 is 1.29 bits per heavy atom. The average Bonchev–Trinajstić information content (AvgIpc) is 3.33. The Balaban J connectivity index is 1.57. The molecule has 4 rings (SSSR count). The summed E-state index contributed by atoms with van der Waals surface area (Å²) in [5.74, 6) is 0.707. The highest BCUT2D eigenvalue weighted by Gasteiger charge is 2.25. The molecule has 3 aromatic heterocycles. The van der Waals surface area contributed by atoms with Crippen LogP contribution in [0.4, 0.5) is 5.82 Å². The number of fused-ring (bicyclic) bond motifs is 1. The Morgan fingerprint density at radius 2 is 2.07 bits per heavy atom. The van der Waals surface area contributed by atoms with Crippen LogP contribution in [0.5, 0.6) is 0 Å². The summed E-state index contributed by atoms with van der Waals surface area (Å²) in [6.07, 6.45) is 4.45. The molecule has 3 N–H and O–H groups in total. The lowest BCUT2D eigenvalue weighted by atomic mass is 9.93. The van der Waals surface area contributed by atoms with Crippen molar-refractivity contribution in [3.05, 3.63) is 39.2 Å². The van der Waals surface area contributed by atoms with Gasteiger partial charge in [-0.25, -0.2) is 9.97 Å². The monoisotopic (exact) mass is 416 g/mol. The number of aliphatic hydroxyl groups excluding tert-OH is 1. The van der Waals surface area contributed by atoms with E-state index in [0.717, 1.165) is 47.3 Å². The van der Waals surface area contributed by atoms with E-state index in [1.807, 2.05) is 13.0 Å². The molecule has 0 bridgehead atoms. The summed E-state index contributed by atoms with van der Waals surface area (Å²) in [5.41, 5.74) is 0.912. The largest absolute Gasteiger partial charge is 0.393 e. The third-order valence-electron chi connectivity index (χ3n) is 5.29. The van der Waals surface area contributed by atoms with E-state index in [1.165, 1.54) is 16.2 Å². The minimum absolute atomic E-state index is 0.0563. The zero-order valence-corrected chi connectivity index (χ0v) is 17.6. The van der Waals surface area contributed by atoms with Crippen molar-refractivity contribution in [3.63, 3.8) is 0 Å². The van der Waals surface area contributed by atoms with Gasteiger partial charge >= 0.3 is 0 Å². The fourth-order valence-electron chi connectivity index (χ4n) is 3.68. The molecule has 148 valence electrons. The van der Waals surface area contributed by atoms with Crippen molar-refractivity contribution in [2.24, 2.45) is 0 Å². The van der Waals surface area contributed by atoms with Crippen molar-refractivity contribution in [1.29, 1.82) is 0 Å². The lowest BCUT2D eigenvalue weighted by molar-refractivity contribution is 0.0871. The zero-order valence-electron chi connectivity index (χ0n) is 15.9. The predicted molar refractivity (Wildman–Crippen MR) is 114 cm³/mol. The lowest BCUT2D eigenvalue weighted by Gasteiger charge is -2.26. The van der Waals surface area contributed by atoms with Crippen molar-refractivity contribution in [3.8, 4) is 0 Å². The van der Waals surface area contributed by atoms with Crippen LogP contribution in [0.15, 0.2) is 23.8 Å². The number of nitrogens with one attached hydrogen (secondary N) is 2. The molecule has 0 unspecified atom stereocenters. The van der Waals surface area contributed by atoms with Gasteiger partial charge in [-0.2, -0.15) is 0 Å². The van der Waals surface area contributed by atoms with Crippen LogP contribution in [0, 0.1) is 6.92 Å². The molecule has 1 amide bonds. The predicted octanol–water partition coefficient (Wildman–Crippen LogP) is 4.27. The maximum absolute atomic E-state index is 12.9. The first-order valence-electron chi connectivity index (χ1n) is 9.56. The highest BCUT2D eigenvalue weighted by Crippen LogP contribution is 2.35. The minimum atomic E-state index is -0.228. The second-order valence-corrected chi connectivity index (χ2v) is 9.30. The van der Waals surface area contributed by atoms with E-state index in [9.17, 15) is 9.90 Å². The van der Waals surface area contributed by atoms with E-state index in [4.69, 9.17) is 0 Å². The average molecular weight is 417 g/mol. The molecule has 0 spiro atoms. The molecule has 0 saturated heterocycles. The number of carbonyl (C=O) groups is 1. The number of amides is 1. The molecule has 6 nitrogen and oxygen atoms in total. The molecule has 3 aromatic rings. The summed E-state index contributed by atoms with van der Waals surface area (Å²) in [5, 5.41) is 19.2.